The van der Waals surface area contributed by atoms with Crippen LogP contribution in [0.25, 0.3) is 10.9 Å². The summed E-state index contributed by atoms with van der Waals surface area (Å²) in [6, 6.07) is 8.46. The first-order valence-electron chi connectivity index (χ1n) is 8.08. The lowest BCUT2D eigenvalue weighted by atomic mass is 9.89. The Morgan fingerprint density at radius 1 is 1.13 bits per heavy atom. The Bertz CT molecular complexity index is 734. The van der Waals surface area contributed by atoms with E-state index in [0.717, 1.165) is 42.5 Å². The van der Waals surface area contributed by atoms with Crippen LogP contribution in [0.2, 0.25) is 0 Å². The number of nitrogens with zero attached hydrogens (tertiary/aromatic N) is 3. The molecule has 0 unspecified atom stereocenters. The van der Waals surface area contributed by atoms with Gasteiger partial charge in [0.25, 0.3) is 0 Å². The quantitative estimate of drug-likeness (QED) is 0.807. The van der Waals surface area contributed by atoms with E-state index in [1.54, 1.807) is 0 Å². The van der Waals surface area contributed by atoms with Crippen molar-refractivity contribution in [3.8, 4) is 0 Å². The number of aromatic nitrogens is 2. The fourth-order valence-electron chi connectivity index (χ4n) is 3.37. The zero-order valence-electron chi connectivity index (χ0n) is 14.0. The van der Waals surface area contributed by atoms with Crippen molar-refractivity contribution in [1.29, 1.82) is 0 Å². The SMILES string of the molecule is C.CN1CCC(n2c(=O)nc(C(C)(C)C)c3ccccc32)CC1. The molecule has 1 saturated heterocycles. The van der Waals surface area contributed by atoms with E-state index < -0.39 is 0 Å². The Morgan fingerprint density at radius 2 is 1.74 bits per heavy atom. The molecule has 0 amide bonds. The van der Waals surface area contributed by atoms with Crippen molar-refractivity contribution in [2.45, 2.75) is 52.5 Å². The highest BCUT2D eigenvalue weighted by Gasteiger charge is 2.25. The largest absolute Gasteiger partial charge is 0.348 e. The number of hydrogen-bond acceptors (Lipinski definition) is 3. The smallest absolute Gasteiger partial charge is 0.306 e. The van der Waals surface area contributed by atoms with E-state index in [1.165, 1.54) is 0 Å². The normalized spacial score (nSPS) is 17.2. The number of hydrogen-bond donors (Lipinski definition) is 0. The Kier molecular flexibility index (Phi) is 4.95. The lowest BCUT2D eigenvalue weighted by molar-refractivity contribution is 0.220. The molecule has 0 atom stereocenters. The van der Waals surface area contributed by atoms with Gasteiger partial charge in [-0.05, 0) is 39.0 Å². The van der Waals surface area contributed by atoms with Crippen LogP contribution in [0.3, 0.4) is 0 Å². The van der Waals surface area contributed by atoms with E-state index in [4.69, 9.17) is 0 Å². The van der Waals surface area contributed by atoms with Crippen molar-refractivity contribution >= 4 is 10.9 Å². The first-order valence-corrected chi connectivity index (χ1v) is 8.08. The molecule has 126 valence electrons. The fraction of sp³-hybridized carbons (Fsp3) is 0.579. The zero-order valence-corrected chi connectivity index (χ0v) is 14.0. The number of likely N-dealkylation sites (tertiary alicyclic amines) is 1. The minimum absolute atomic E-state index is 0. The molecule has 23 heavy (non-hydrogen) atoms. The fourth-order valence-corrected chi connectivity index (χ4v) is 3.37. The maximum absolute atomic E-state index is 12.7. The third-order valence-corrected chi connectivity index (χ3v) is 4.60. The second kappa shape index (κ2) is 6.44. The molecule has 0 bridgehead atoms. The van der Waals surface area contributed by atoms with E-state index in [1.807, 2.05) is 16.7 Å². The highest BCUT2D eigenvalue weighted by Crippen LogP contribution is 2.30. The first-order chi connectivity index (χ1) is 10.4. The highest BCUT2D eigenvalue weighted by molar-refractivity contribution is 5.82. The summed E-state index contributed by atoms with van der Waals surface area (Å²) >= 11 is 0. The minimum Gasteiger partial charge on any atom is -0.306 e. The lowest BCUT2D eigenvalue weighted by Gasteiger charge is -2.31. The predicted octanol–water partition coefficient (Wildman–Crippen LogP) is 3.60. The molecule has 0 spiro atoms. The van der Waals surface area contributed by atoms with Gasteiger partial charge >= 0.3 is 5.69 Å². The van der Waals surface area contributed by atoms with Crippen LogP contribution in [0.1, 0.15) is 52.8 Å². The van der Waals surface area contributed by atoms with Crippen LogP contribution in [0.15, 0.2) is 29.1 Å². The molecule has 0 saturated carbocycles. The molecule has 4 heteroatoms. The van der Waals surface area contributed by atoms with Crippen molar-refractivity contribution < 1.29 is 0 Å². The van der Waals surface area contributed by atoms with Gasteiger partial charge in [-0.1, -0.05) is 46.4 Å². The predicted molar refractivity (Wildman–Crippen MR) is 97.2 cm³/mol. The molecule has 0 aliphatic carbocycles. The Hall–Kier alpha value is -1.68. The van der Waals surface area contributed by atoms with Gasteiger partial charge in [-0.3, -0.25) is 4.57 Å². The van der Waals surface area contributed by atoms with Crippen molar-refractivity contribution in [1.82, 2.24) is 14.5 Å². The topological polar surface area (TPSA) is 38.1 Å². The molecule has 1 aromatic carbocycles. The Balaban J connectivity index is 0.00000192. The van der Waals surface area contributed by atoms with Crippen molar-refractivity contribution in [3.63, 3.8) is 0 Å². The maximum Gasteiger partial charge on any atom is 0.348 e. The third kappa shape index (κ3) is 3.32. The van der Waals surface area contributed by atoms with Crippen LogP contribution in [0.4, 0.5) is 0 Å². The van der Waals surface area contributed by atoms with Crippen LogP contribution in [-0.2, 0) is 5.41 Å². The summed E-state index contributed by atoms with van der Waals surface area (Å²) in [5.41, 5.74) is 1.70. The summed E-state index contributed by atoms with van der Waals surface area (Å²) < 4.78 is 1.93. The van der Waals surface area contributed by atoms with Gasteiger partial charge in [0.05, 0.1) is 11.2 Å². The first kappa shape index (κ1) is 17.7. The van der Waals surface area contributed by atoms with Crippen LogP contribution >= 0.6 is 0 Å². The molecule has 0 N–H and O–H groups in total. The molecule has 2 aromatic rings. The van der Waals surface area contributed by atoms with E-state index in [0.29, 0.717) is 0 Å². The molecule has 0 radical (unpaired) electrons. The van der Waals surface area contributed by atoms with Gasteiger partial charge in [0, 0.05) is 16.8 Å². The molecular weight excluding hydrogens is 286 g/mol. The number of fused-ring (bicyclic) bond motifs is 1. The molecule has 1 aliphatic heterocycles. The number of rotatable bonds is 1. The summed E-state index contributed by atoms with van der Waals surface area (Å²) in [6.45, 7) is 8.41. The monoisotopic (exact) mass is 315 g/mol. The van der Waals surface area contributed by atoms with Crippen molar-refractivity contribution in [2.75, 3.05) is 20.1 Å². The second-order valence-electron chi connectivity index (χ2n) is 7.41. The van der Waals surface area contributed by atoms with Gasteiger partial charge in [0.2, 0.25) is 0 Å². The average molecular weight is 315 g/mol. The summed E-state index contributed by atoms with van der Waals surface area (Å²) in [4.78, 5) is 19.5. The van der Waals surface area contributed by atoms with Crippen LogP contribution < -0.4 is 5.69 Å². The highest BCUT2D eigenvalue weighted by atomic mass is 16.1. The van der Waals surface area contributed by atoms with Gasteiger partial charge in [-0.15, -0.1) is 0 Å². The van der Waals surface area contributed by atoms with Crippen LogP contribution in [0, 0.1) is 0 Å². The molecule has 2 heterocycles. The second-order valence-corrected chi connectivity index (χ2v) is 7.41. The summed E-state index contributed by atoms with van der Waals surface area (Å²) in [5, 5.41) is 1.11. The van der Waals surface area contributed by atoms with Crippen LogP contribution in [0.5, 0.6) is 0 Å². The van der Waals surface area contributed by atoms with Gasteiger partial charge < -0.3 is 4.90 Å². The van der Waals surface area contributed by atoms with E-state index in [2.05, 4.69) is 49.8 Å². The third-order valence-electron chi connectivity index (χ3n) is 4.60. The number of para-hydroxylation sites is 1. The van der Waals surface area contributed by atoms with Crippen molar-refractivity contribution in [3.05, 3.63) is 40.4 Å². The maximum atomic E-state index is 12.7. The molecule has 1 fully saturated rings. The standard InChI is InChI=1S/C18H25N3O.CH4/c1-18(2,3)16-14-7-5-6-8-15(14)21(17(22)19-16)13-9-11-20(4)12-10-13;/h5-8,13H,9-12H2,1-4H3;1H4. The van der Waals surface area contributed by atoms with E-state index >= 15 is 0 Å². The Morgan fingerprint density at radius 3 is 2.35 bits per heavy atom. The molecule has 3 rings (SSSR count). The summed E-state index contributed by atoms with van der Waals surface area (Å²) in [5.74, 6) is 0. The molecular formula is C19H29N3O. The van der Waals surface area contributed by atoms with Crippen molar-refractivity contribution in [2.24, 2.45) is 0 Å². The van der Waals surface area contributed by atoms with Crippen LogP contribution in [-0.4, -0.2) is 34.6 Å². The number of piperidine rings is 1. The van der Waals surface area contributed by atoms with Gasteiger partial charge in [-0.2, -0.15) is 4.98 Å². The molecule has 4 nitrogen and oxygen atoms in total. The summed E-state index contributed by atoms with van der Waals surface area (Å²) in [6.07, 6.45) is 2.02. The summed E-state index contributed by atoms with van der Waals surface area (Å²) in [7, 11) is 2.14. The van der Waals surface area contributed by atoms with E-state index in [9.17, 15) is 4.79 Å². The molecule has 1 aromatic heterocycles. The molecule has 1 aliphatic rings. The Labute approximate surface area is 139 Å². The zero-order chi connectivity index (χ0) is 15.9. The van der Waals surface area contributed by atoms with E-state index in [-0.39, 0.29) is 24.6 Å². The van der Waals surface area contributed by atoms with Gasteiger partial charge in [-0.25, -0.2) is 4.79 Å². The minimum atomic E-state index is -0.134. The van der Waals surface area contributed by atoms with Gasteiger partial charge in [0.1, 0.15) is 0 Å². The number of benzene rings is 1. The average Bonchev–Trinajstić information content (AvgIpc) is 2.47. The van der Waals surface area contributed by atoms with Gasteiger partial charge in [0.15, 0.2) is 0 Å². The lowest BCUT2D eigenvalue weighted by Crippen LogP contribution is -2.37.